The summed E-state index contributed by atoms with van der Waals surface area (Å²) in [5, 5.41) is 5.05. The Morgan fingerprint density at radius 1 is 1.26 bits per heavy atom. The van der Waals surface area contributed by atoms with Crippen LogP contribution in [0.2, 0.25) is 0 Å². The highest BCUT2D eigenvalue weighted by molar-refractivity contribution is 7.89. The van der Waals surface area contributed by atoms with Gasteiger partial charge >= 0.3 is 0 Å². The van der Waals surface area contributed by atoms with E-state index in [1.54, 1.807) is 0 Å². The SMILES string of the molecule is Cc1csc(NC(=O)CN2CCN(S(=O)(=O)c3ccc(F)cc3F)CC2)n1. The molecule has 1 aromatic heterocycles. The number of carbonyl (C=O) groups is 1. The van der Waals surface area contributed by atoms with Gasteiger partial charge in [0, 0.05) is 37.6 Å². The van der Waals surface area contributed by atoms with Crippen LogP contribution in [0.25, 0.3) is 0 Å². The van der Waals surface area contributed by atoms with E-state index in [0.29, 0.717) is 24.3 Å². The molecule has 0 atom stereocenters. The molecule has 0 unspecified atom stereocenters. The number of anilines is 1. The molecule has 0 saturated carbocycles. The number of sulfonamides is 1. The molecule has 0 bridgehead atoms. The van der Waals surface area contributed by atoms with Crippen molar-refractivity contribution in [3.05, 3.63) is 40.9 Å². The van der Waals surface area contributed by atoms with E-state index in [4.69, 9.17) is 0 Å². The number of halogens is 2. The van der Waals surface area contributed by atoms with Crippen molar-refractivity contribution in [2.24, 2.45) is 0 Å². The van der Waals surface area contributed by atoms with Gasteiger partial charge in [-0.1, -0.05) is 0 Å². The molecule has 146 valence electrons. The largest absolute Gasteiger partial charge is 0.301 e. The minimum absolute atomic E-state index is 0.109. The fraction of sp³-hybridized carbons (Fsp3) is 0.375. The molecule has 2 heterocycles. The van der Waals surface area contributed by atoms with Crippen LogP contribution in [0.15, 0.2) is 28.5 Å². The summed E-state index contributed by atoms with van der Waals surface area (Å²) in [6, 6.07) is 2.39. The summed E-state index contributed by atoms with van der Waals surface area (Å²) in [5.74, 6) is -2.18. The first-order chi connectivity index (χ1) is 12.8. The second-order valence-electron chi connectivity index (χ2n) is 6.10. The van der Waals surface area contributed by atoms with Gasteiger partial charge in [-0.15, -0.1) is 11.3 Å². The number of thiazole rings is 1. The van der Waals surface area contributed by atoms with Crippen LogP contribution in [0.4, 0.5) is 13.9 Å². The summed E-state index contributed by atoms with van der Waals surface area (Å²) in [4.78, 5) is 17.5. The summed E-state index contributed by atoms with van der Waals surface area (Å²) in [5.41, 5.74) is 0.821. The van der Waals surface area contributed by atoms with Crippen molar-refractivity contribution in [2.45, 2.75) is 11.8 Å². The average Bonchev–Trinajstić information content (AvgIpc) is 2.99. The van der Waals surface area contributed by atoms with Gasteiger partial charge in [-0.05, 0) is 19.1 Å². The normalized spacial score (nSPS) is 16.4. The van der Waals surface area contributed by atoms with Gasteiger partial charge in [0.2, 0.25) is 15.9 Å². The number of rotatable bonds is 5. The van der Waals surface area contributed by atoms with Gasteiger partial charge < -0.3 is 5.32 Å². The zero-order valence-corrected chi connectivity index (χ0v) is 16.1. The maximum atomic E-state index is 13.8. The Balaban J connectivity index is 1.57. The minimum Gasteiger partial charge on any atom is -0.301 e. The van der Waals surface area contributed by atoms with Gasteiger partial charge in [-0.25, -0.2) is 22.2 Å². The van der Waals surface area contributed by atoms with E-state index in [2.05, 4.69) is 10.3 Å². The van der Waals surface area contributed by atoms with Crippen LogP contribution in [0.5, 0.6) is 0 Å². The molecule has 1 aliphatic heterocycles. The lowest BCUT2D eigenvalue weighted by Crippen LogP contribution is -2.50. The molecule has 0 radical (unpaired) electrons. The maximum absolute atomic E-state index is 13.8. The van der Waals surface area contributed by atoms with Crippen LogP contribution in [0.1, 0.15) is 5.69 Å². The van der Waals surface area contributed by atoms with E-state index < -0.39 is 26.6 Å². The lowest BCUT2D eigenvalue weighted by Gasteiger charge is -2.33. The van der Waals surface area contributed by atoms with E-state index in [1.165, 1.54) is 11.3 Å². The molecule has 1 saturated heterocycles. The van der Waals surface area contributed by atoms with E-state index in [0.717, 1.165) is 22.1 Å². The molecule has 1 aromatic carbocycles. The highest BCUT2D eigenvalue weighted by atomic mass is 32.2. The Morgan fingerprint density at radius 2 is 1.96 bits per heavy atom. The summed E-state index contributed by atoms with van der Waals surface area (Å²) in [7, 11) is -4.05. The number of amides is 1. The number of carbonyl (C=O) groups excluding carboxylic acids is 1. The summed E-state index contributed by atoms with van der Waals surface area (Å²) in [6.07, 6.45) is 0. The maximum Gasteiger partial charge on any atom is 0.246 e. The molecule has 1 amide bonds. The molecule has 1 aliphatic rings. The fourth-order valence-electron chi connectivity index (χ4n) is 2.72. The van der Waals surface area contributed by atoms with Gasteiger partial charge in [0.25, 0.3) is 0 Å². The zero-order valence-electron chi connectivity index (χ0n) is 14.5. The number of piperazine rings is 1. The topological polar surface area (TPSA) is 82.6 Å². The Morgan fingerprint density at radius 3 is 2.56 bits per heavy atom. The van der Waals surface area contributed by atoms with Crippen molar-refractivity contribution in [2.75, 3.05) is 38.0 Å². The Hall–Kier alpha value is -1.95. The van der Waals surface area contributed by atoms with Gasteiger partial charge in [0.1, 0.15) is 16.5 Å². The molecule has 2 aromatic rings. The number of nitrogens with one attached hydrogen (secondary N) is 1. The van der Waals surface area contributed by atoms with Gasteiger partial charge in [-0.2, -0.15) is 4.31 Å². The molecule has 1 fully saturated rings. The smallest absolute Gasteiger partial charge is 0.246 e. The van der Waals surface area contributed by atoms with Crippen molar-refractivity contribution < 1.29 is 22.0 Å². The first kappa shape index (κ1) is 19.8. The molecule has 11 heteroatoms. The van der Waals surface area contributed by atoms with Crippen LogP contribution in [-0.2, 0) is 14.8 Å². The number of aryl methyl sites for hydroxylation is 1. The van der Waals surface area contributed by atoms with Crippen LogP contribution in [0.3, 0.4) is 0 Å². The first-order valence-corrected chi connectivity index (χ1v) is 10.5. The van der Waals surface area contributed by atoms with Crippen molar-refractivity contribution >= 4 is 32.4 Å². The Labute approximate surface area is 159 Å². The molecule has 0 aliphatic carbocycles. The number of hydrogen-bond donors (Lipinski definition) is 1. The number of aromatic nitrogens is 1. The fourth-order valence-corrected chi connectivity index (χ4v) is 4.90. The molecule has 3 rings (SSSR count). The van der Waals surface area contributed by atoms with Crippen molar-refractivity contribution in [3.8, 4) is 0 Å². The summed E-state index contributed by atoms with van der Waals surface area (Å²) < 4.78 is 53.1. The van der Waals surface area contributed by atoms with Crippen LogP contribution in [0, 0.1) is 18.6 Å². The Kier molecular flexibility index (Phi) is 5.84. The average molecular weight is 416 g/mol. The minimum atomic E-state index is -4.05. The third-order valence-corrected chi connectivity index (χ3v) is 6.88. The van der Waals surface area contributed by atoms with Gasteiger partial charge in [0.15, 0.2) is 5.13 Å². The third-order valence-electron chi connectivity index (χ3n) is 4.08. The standard InChI is InChI=1S/C16H18F2N4O3S2/c1-11-10-26-16(19-11)20-15(23)9-21-4-6-22(7-5-21)27(24,25)14-3-2-12(17)8-13(14)18/h2-3,8,10H,4-7,9H2,1H3,(H,19,20,23). The molecule has 0 spiro atoms. The summed E-state index contributed by atoms with van der Waals surface area (Å²) in [6.45, 7) is 2.82. The summed E-state index contributed by atoms with van der Waals surface area (Å²) >= 11 is 1.33. The van der Waals surface area contributed by atoms with E-state index in [1.807, 2.05) is 17.2 Å². The van der Waals surface area contributed by atoms with Gasteiger partial charge in [-0.3, -0.25) is 9.69 Å². The highest BCUT2D eigenvalue weighted by Crippen LogP contribution is 2.21. The third kappa shape index (κ3) is 4.67. The van der Waals surface area contributed by atoms with Crippen LogP contribution in [-0.4, -0.2) is 61.2 Å². The lowest BCUT2D eigenvalue weighted by molar-refractivity contribution is -0.117. The molecule has 1 N–H and O–H groups in total. The molecular weight excluding hydrogens is 398 g/mol. The van der Waals surface area contributed by atoms with Crippen molar-refractivity contribution in [1.82, 2.24) is 14.2 Å². The van der Waals surface area contributed by atoms with Crippen LogP contribution >= 0.6 is 11.3 Å². The quantitative estimate of drug-likeness (QED) is 0.802. The van der Waals surface area contributed by atoms with E-state index in [-0.39, 0.29) is 25.5 Å². The monoisotopic (exact) mass is 416 g/mol. The number of hydrogen-bond acceptors (Lipinski definition) is 6. The van der Waals surface area contributed by atoms with Crippen LogP contribution < -0.4 is 5.32 Å². The van der Waals surface area contributed by atoms with Crippen molar-refractivity contribution in [1.29, 1.82) is 0 Å². The van der Waals surface area contributed by atoms with E-state index in [9.17, 15) is 22.0 Å². The molecule has 27 heavy (non-hydrogen) atoms. The predicted molar refractivity (Wildman–Crippen MR) is 97.0 cm³/mol. The second-order valence-corrected chi connectivity index (χ2v) is 8.86. The number of benzene rings is 1. The number of nitrogens with zero attached hydrogens (tertiary/aromatic N) is 3. The van der Waals surface area contributed by atoms with Gasteiger partial charge in [0.05, 0.1) is 12.2 Å². The predicted octanol–water partition coefficient (Wildman–Crippen LogP) is 1.67. The molecule has 7 nitrogen and oxygen atoms in total. The van der Waals surface area contributed by atoms with E-state index >= 15 is 0 Å². The lowest BCUT2D eigenvalue weighted by atomic mass is 10.3. The molecular formula is C16H18F2N4O3S2. The first-order valence-electron chi connectivity index (χ1n) is 8.15. The second kappa shape index (κ2) is 7.97. The van der Waals surface area contributed by atoms with Crippen molar-refractivity contribution in [3.63, 3.8) is 0 Å². The highest BCUT2D eigenvalue weighted by Gasteiger charge is 2.31. The zero-order chi connectivity index (χ0) is 19.6. The Bertz CT molecular complexity index is 941.